The van der Waals surface area contributed by atoms with Crippen LogP contribution in [0, 0.1) is 0 Å². The molecule has 58 heavy (non-hydrogen) atoms. The molecule has 0 bridgehead atoms. The van der Waals surface area contributed by atoms with Crippen molar-refractivity contribution in [3.63, 3.8) is 0 Å². The Hall–Kier alpha value is -2.04. The average molecular weight is 844 g/mol. The number of unbranched alkanes of at least 4 members (excludes halogenated alkanes) is 26. The monoisotopic (exact) mass is 844 g/mol. The lowest BCUT2D eigenvalue weighted by molar-refractivity contribution is -0.161. The van der Waals surface area contributed by atoms with Gasteiger partial charge in [0.25, 0.3) is 0 Å². The van der Waals surface area contributed by atoms with Gasteiger partial charge in [0.15, 0.2) is 6.10 Å². The van der Waals surface area contributed by atoms with E-state index < -0.39 is 51.1 Å². The van der Waals surface area contributed by atoms with Gasteiger partial charge in [-0.2, -0.15) is 0 Å². The van der Waals surface area contributed by atoms with Crippen LogP contribution in [-0.2, 0) is 37.5 Å². The van der Waals surface area contributed by atoms with Crippen LogP contribution in [-0.4, -0.2) is 59.9 Å². The zero-order chi connectivity index (χ0) is 42.8. The summed E-state index contributed by atoms with van der Waals surface area (Å²) in [5, 5.41) is 8.90. The average Bonchev–Trinajstić information content (AvgIpc) is 3.20. The number of carboxylic acid groups (broad SMARTS) is 1. The predicted octanol–water partition coefficient (Wildman–Crippen LogP) is 12.6. The molecule has 12 heteroatoms. The van der Waals surface area contributed by atoms with E-state index in [4.69, 9.17) is 24.8 Å². The molecule has 3 atom stereocenters. The fourth-order valence-corrected chi connectivity index (χ4v) is 7.29. The number of rotatable bonds is 44. The van der Waals surface area contributed by atoms with Crippen molar-refractivity contribution < 1.29 is 47.5 Å². The third-order valence-electron chi connectivity index (χ3n) is 10.2. The Morgan fingerprint density at radius 1 is 0.534 bits per heavy atom. The molecule has 0 rings (SSSR count). The van der Waals surface area contributed by atoms with Crippen molar-refractivity contribution in [2.24, 2.45) is 5.73 Å². The first kappa shape index (κ1) is 56.0. The quantitative estimate of drug-likeness (QED) is 0.0231. The van der Waals surface area contributed by atoms with Crippen molar-refractivity contribution in [3.05, 3.63) is 24.3 Å². The number of nitrogens with two attached hydrogens (primary N) is 1. The van der Waals surface area contributed by atoms with Crippen molar-refractivity contribution in [1.82, 2.24) is 0 Å². The topological polar surface area (TPSA) is 172 Å². The third-order valence-corrected chi connectivity index (χ3v) is 11.2. The smallest absolute Gasteiger partial charge is 0.472 e. The molecule has 4 N–H and O–H groups in total. The highest BCUT2D eigenvalue weighted by molar-refractivity contribution is 7.47. The maximum Gasteiger partial charge on any atom is 0.472 e. The minimum atomic E-state index is -4.72. The molecule has 0 aromatic carbocycles. The lowest BCUT2D eigenvalue weighted by atomic mass is 10.0. The Morgan fingerprint density at radius 3 is 1.38 bits per heavy atom. The van der Waals surface area contributed by atoms with E-state index in [-0.39, 0.29) is 19.4 Å². The molecule has 0 aliphatic heterocycles. The summed E-state index contributed by atoms with van der Waals surface area (Å²) in [5.41, 5.74) is 5.34. The summed E-state index contributed by atoms with van der Waals surface area (Å²) in [7, 11) is -4.72. The van der Waals surface area contributed by atoms with Gasteiger partial charge in [0, 0.05) is 12.8 Å². The van der Waals surface area contributed by atoms with Gasteiger partial charge in [0.05, 0.1) is 13.2 Å². The normalized spacial score (nSPS) is 13.9. The second kappa shape index (κ2) is 41.7. The van der Waals surface area contributed by atoms with Crippen molar-refractivity contribution in [2.75, 3.05) is 19.8 Å². The standard InChI is InChI=1S/C46H86NO10P/c1-3-5-7-9-11-13-15-17-19-20-21-22-24-26-28-30-32-34-36-38-45(49)57-42(40-55-58(52,53)56-41-43(47)46(50)51)39-54-44(48)37-35-33-31-29-27-25-23-18-16-14-12-10-8-6-4-2/h12,14,18,23,42-43H,3-11,13,15-17,19-22,24-41,47H2,1-2H3,(H,50,51)(H,52,53)/b14-12+,23-18+/t42-,43+/m1/s1. The zero-order valence-electron chi connectivity index (χ0n) is 36.9. The van der Waals surface area contributed by atoms with Gasteiger partial charge in [-0.3, -0.25) is 23.4 Å². The van der Waals surface area contributed by atoms with Crippen molar-refractivity contribution >= 4 is 25.7 Å². The summed E-state index contributed by atoms with van der Waals surface area (Å²) in [6, 6.07) is -1.52. The zero-order valence-corrected chi connectivity index (χ0v) is 37.8. The number of phosphoric ester groups is 1. The van der Waals surface area contributed by atoms with Crippen LogP contribution in [0.4, 0.5) is 0 Å². The lowest BCUT2D eigenvalue weighted by Crippen LogP contribution is -2.34. The molecule has 340 valence electrons. The highest BCUT2D eigenvalue weighted by Crippen LogP contribution is 2.43. The van der Waals surface area contributed by atoms with Crippen LogP contribution in [0.1, 0.15) is 219 Å². The molecule has 0 aromatic heterocycles. The number of esters is 2. The molecule has 0 amide bonds. The maximum atomic E-state index is 12.7. The summed E-state index contributed by atoms with van der Waals surface area (Å²) in [6.07, 6.45) is 43.8. The second-order valence-electron chi connectivity index (χ2n) is 15.9. The van der Waals surface area contributed by atoms with Gasteiger partial charge in [0.1, 0.15) is 12.6 Å². The molecular weight excluding hydrogens is 757 g/mol. The fourth-order valence-electron chi connectivity index (χ4n) is 6.51. The van der Waals surface area contributed by atoms with E-state index in [1.54, 1.807) is 0 Å². The molecule has 0 spiro atoms. The first-order chi connectivity index (χ1) is 28.1. The highest BCUT2D eigenvalue weighted by Gasteiger charge is 2.28. The summed E-state index contributed by atoms with van der Waals surface area (Å²) in [5.74, 6) is -2.38. The van der Waals surface area contributed by atoms with E-state index >= 15 is 0 Å². The first-order valence-corrected chi connectivity index (χ1v) is 24.9. The van der Waals surface area contributed by atoms with E-state index in [1.807, 2.05) is 0 Å². The van der Waals surface area contributed by atoms with Gasteiger partial charge in [-0.15, -0.1) is 0 Å². The molecule has 0 aliphatic carbocycles. The number of carbonyl (C=O) groups is 3. The summed E-state index contributed by atoms with van der Waals surface area (Å²) >= 11 is 0. The van der Waals surface area contributed by atoms with E-state index in [0.717, 1.165) is 64.2 Å². The number of phosphoric acid groups is 1. The number of allylic oxidation sites excluding steroid dienone is 4. The van der Waals surface area contributed by atoms with Gasteiger partial charge in [-0.1, -0.05) is 186 Å². The maximum absolute atomic E-state index is 12.7. The molecule has 0 aromatic rings. The van der Waals surface area contributed by atoms with E-state index in [2.05, 4.69) is 42.7 Å². The highest BCUT2D eigenvalue weighted by atomic mass is 31.2. The molecule has 0 heterocycles. The van der Waals surface area contributed by atoms with Crippen LogP contribution in [0.5, 0.6) is 0 Å². The van der Waals surface area contributed by atoms with Gasteiger partial charge in [0.2, 0.25) is 0 Å². The Labute approximate surface area is 353 Å². The van der Waals surface area contributed by atoms with Crippen molar-refractivity contribution in [1.29, 1.82) is 0 Å². The van der Waals surface area contributed by atoms with E-state index in [9.17, 15) is 23.8 Å². The first-order valence-electron chi connectivity index (χ1n) is 23.4. The fraction of sp³-hybridized carbons (Fsp3) is 0.848. The van der Waals surface area contributed by atoms with Crippen LogP contribution < -0.4 is 5.73 Å². The molecule has 0 fully saturated rings. The van der Waals surface area contributed by atoms with Crippen LogP contribution in [0.2, 0.25) is 0 Å². The lowest BCUT2D eigenvalue weighted by Gasteiger charge is -2.20. The van der Waals surface area contributed by atoms with E-state index in [1.165, 1.54) is 116 Å². The summed E-state index contributed by atoms with van der Waals surface area (Å²) < 4.78 is 32.7. The van der Waals surface area contributed by atoms with Gasteiger partial charge in [-0.05, 0) is 44.9 Å². The second-order valence-corrected chi connectivity index (χ2v) is 17.3. The summed E-state index contributed by atoms with van der Waals surface area (Å²) in [4.78, 5) is 46.0. The molecule has 0 radical (unpaired) electrons. The van der Waals surface area contributed by atoms with Gasteiger partial charge >= 0.3 is 25.7 Å². The molecule has 11 nitrogen and oxygen atoms in total. The largest absolute Gasteiger partial charge is 0.480 e. The minimum Gasteiger partial charge on any atom is -0.480 e. The number of hydrogen-bond acceptors (Lipinski definition) is 9. The molecule has 1 unspecified atom stereocenters. The minimum absolute atomic E-state index is 0.163. The van der Waals surface area contributed by atoms with Gasteiger partial charge in [-0.25, -0.2) is 4.57 Å². The Morgan fingerprint density at radius 2 is 0.914 bits per heavy atom. The Kier molecular flexibility index (Phi) is 40.2. The number of aliphatic carboxylic acids is 1. The predicted molar refractivity (Wildman–Crippen MR) is 236 cm³/mol. The molecule has 0 aliphatic rings. The van der Waals surface area contributed by atoms with Crippen LogP contribution in [0.15, 0.2) is 24.3 Å². The van der Waals surface area contributed by atoms with Crippen LogP contribution >= 0.6 is 7.82 Å². The van der Waals surface area contributed by atoms with Crippen molar-refractivity contribution in [3.8, 4) is 0 Å². The van der Waals surface area contributed by atoms with E-state index in [0.29, 0.717) is 12.8 Å². The van der Waals surface area contributed by atoms with Gasteiger partial charge < -0.3 is 25.2 Å². The van der Waals surface area contributed by atoms with Crippen LogP contribution in [0.3, 0.4) is 0 Å². The third kappa shape index (κ3) is 40.7. The SMILES string of the molecule is CCCCC/C=C/C/C=C/CCCCCCCC(=O)OC[C@H](COP(=O)(O)OC[C@H](N)C(=O)O)OC(=O)CCCCCCCCCCCCCCCCCCCCC. The summed E-state index contributed by atoms with van der Waals surface area (Å²) in [6.45, 7) is 2.79. The molecule has 0 saturated carbocycles. The van der Waals surface area contributed by atoms with Crippen molar-refractivity contribution in [2.45, 2.75) is 231 Å². The van der Waals surface area contributed by atoms with Crippen LogP contribution in [0.25, 0.3) is 0 Å². The molecule has 0 saturated heterocycles. The molecular formula is C46H86NO10P. The Bertz CT molecular complexity index is 1080. The number of ether oxygens (including phenoxy) is 2. The number of hydrogen-bond donors (Lipinski definition) is 3. The number of carboxylic acids is 1. The Balaban J connectivity index is 4.30. The number of carbonyl (C=O) groups excluding carboxylic acids is 2.